The Morgan fingerprint density at radius 2 is 1.94 bits per heavy atom. The first-order valence-corrected chi connectivity index (χ1v) is 6.82. The molecule has 0 aromatic heterocycles. The van der Waals surface area contributed by atoms with Crippen molar-refractivity contribution in [1.82, 2.24) is 0 Å². The standard InChI is InChI=1S/C15H24ClNO/c1-6-12(17)14(15(3,4)5)18-13-9-10(2)7-8-11(13)16/h7-9,12,14H,6,17H2,1-5H3. The molecule has 0 radical (unpaired) electrons. The highest BCUT2D eigenvalue weighted by molar-refractivity contribution is 6.32. The molecule has 1 aromatic rings. The maximum atomic E-state index is 6.17. The third-order valence-corrected chi connectivity index (χ3v) is 3.37. The van der Waals surface area contributed by atoms with Crippen LogP contribution >= 0.6 is 11.6 Å². The molecular weight excluding hydrogens is 246 g/mol. The topological polar surface area (TPSA) is 35.2 Å². The largest absolute Gasteiger partial charge is 0.487 e. The highest BCUT2D eigenvalue weighted by Crippen LogP contribution is 2.32. The number of halogens is 1. The lowest BCUT2D eigenvalue weighted by molar-refractivity contribution is 0.0622. The highest BCUT2D eigenvalue weighted by Gasteiger charge is 2.31. The zero-order valence-corrected chi connectivity index (χ0v) is 12.7. The number of hydrogen-bond acceptors (Lipinski definition) is 2. The van der Waals surface area contributed by atoms with Crippen molar-refractivity contribution in [3.8, 4) is 5.75 Å². The van der Waals surface area contributed by atoms with Crippen LogP contribution in [0.25, 0.3) is 0 Å². The minimum absolute atomic E-state index is 0.00146. The normalized spacial score (nSPS) is 15.3. The molecule has 2 nitrogen and oxygen atoms in total. The van der Waals surface area contributed by atoms with Crippen LogP contribution in [0.15, 0.2) is 18.2 Å². The lowest BCUT2D eigenvalue weighted by Gasteiger charge is -2.35. The monoisotopic (exact) mass is 269 g/mol. The predicted octanol–water partition coefficient (Wildman–Crippen LogP) is 4.18. The molecule has 1 rings (SSSR count). The van der Waals surface area contributed by atoms with Crippen LogP contribution in [0.5, 0.6) is 5.75 Å². The lowest BCUT2D eigenvalue weighted by Crippen LogP contribution is -2.47. The molecular formula is C15H24ClNO. The number of benzene rings is 1. The van der Waals surface area contributed by atoms with E-state index >= 15 is 0 Å². The molecule has 0 heterocycles. The van der Waals surface area contributed by atoms with E-state index in [-0.39, 0.29) is 17.6 Å². The molecule has 1 aromatic carbocycles. The fourth-order valence-electron chi connectivity index (χ4n) is 1.96. The molecule has 0 aliphatic carbocycles. The van der Waals surface area contributed by atoms with E-state index in [2.05, 4.69) is 27.7 Å². The molecule has 0 aliphatic rings. The highest BCUT2D eigenvalue weighted by atomic mass is 35.5. The van der Waals surface area contributed by atoms with Crippen molar-refractivity contribution < 1.29 is 4.74 Å². The minimum Gasteiger partial charge on any atom is -0.487 e. The fraction of sp³-hybridized carbons (Fsp3) is 0.600. The number of aryl methyl sites for hydroxylation is 1. The Kier molecular flexibility index (Phi) is 5.06. The molecule has 3 heteroatoms. The van der Waals surface area contributed by atoms with Gasteiger partial charge in [-0.2, -0.15) is 0 Å². The van der Waals surface area contributed by atoms with Gasteiger partial charge in [0, 0.05) is 11.5 Å². The maximum Gasteiger partial charge on any atom is 0.138 e. The summed E-state index contributed by atoms with van der Waals surface area (Å²) < 4.78 is 6.09. The van der Waals surface area contributed by atoms with Gasteiger partial charge >= 0.3 is 0 Å². The number of ether oxygens (including phenoxy) is 1. The van der Waals surface area contributed by atoms with Crippen LogP contribution in [0.3, 0.4) is 0 Å². The number of rotatable bonds is 4. The zero-order chi connectivity index (χ0) is 13.9. The van der Waals surface area contributed by atoms with Crippen LogP contribution in [0.1, 0.15) is 39.7 Å². The Labute approximate surface area is 115 Å². The smallest absolute Gasteiger partial charge is 0.138 e. The molecule has 18 heavy (non-hydrogen) atoms. The van der Waals surface area contributed by atoms with Gasteiger partial charge in [-0.25, -0.2) is 0 Å². The summed E-state index contributed by atoms with van der Waals surface area (Å²) >= 11 is 6.17. The average Bonchev–Trinajstić information content (AvgIpc) is 2.27. The van der Waals surface area contributed by atoms with Gasteiger partial charge in [0.05, 0.1) is 5.02 Å². The van der Waals surface area contributed by atoms with E-state index in [9.17, 15) is 0 Å². The van der Waals surface area contributed by atoms with E-state index in [1.165, 1.54) is 0 Å². The molecule has 0 aliphatic heterocycles. The summed E-state index contributed by atoms with van der Waals surface area (Å²) in [6.07, 6.45) is 0.826. The van der Waals surface area contributed by atoms with Crippen molar-refractivity contribution >= 4 is 11.6 Å². The third-order valence-electron chi connectivity index (χ3n) is 3.05. The van der Waals surface area contributed by atoms with Crippen molar-refractivity contribution in [3.63, 3.8) is 0 Å². The number of nitrogens with two attached hydrogens (primary N) is 1. The van der Waals surface area contributed by atoms with Gasteiger partial charge in [0.1, 0.15) is 11.9 Å². The first-order valence-electron chi connectivity index (χ1n) is 6.44. The van der Waals surface area contributed by atoms with Crippen molar-refractivity contribution in [3.05, 3.63) is 28.8 Å². The van der Waals surface area contributed by atoms with Crippen LogP contribution in [-0.4, -0.2) is 12.1 Å². The van der Waals surface area contributed by atoms with Gasteiger partial charge in [-0.15, -0.1) is 0 Å². The molecule has 0 amide bonds. The molecule has 2 unspecified atom stereocenters. The van der Waals surface area contributed by atoms with E-state index in [1.54, 1.807) is 0 Å². The summed E-state index contributed by atoms with van der Waals surface area (Å²) in [7, 11) is 0. The van der Waals surface area contributed by atoms with Crippen LogP contribution < -0.4 is 10.5 Å². The summed E-state index contributed by atoms with van der Waals surface area (Å²) in [6.45, 7) is 10.5. The van der Waals surface area contributed by atoms with Crippen LogP contribution in [-0.2, 0) is 0 Å². The Morgan fingerprint density at radius 3 is 2.44 bits per heavy atom. The Bertz CT molecular complexity index is 398. The lowest BCUT2D eigenvalue weighted by atomic mass is 9.84. The third kappa shape index (κ3) is 3.89. The quantitative estimate of drug-likeness (QED) is 0.890. The second kappa shape index (κ2) is 5.94. The molecule has 0 saturated heterocycles. The van der Waals surface area contributed by atoms with Gasteiger partial charge in [-0.1, -0.05) is 45.4 Å². The average molecular weight is 270 g/mol. The van der Waals surface area contributed by atoms with E-state index in [0.29, 0.717) is 5.02 Å². The first-order chi connectivity index (χ1) is 8.25. The van der Waals surface area contributed by atoms with Gasteiger partial charge in [0.15, 0.2) is 0 Å². The van der Waals surface area contributed by atoms with Gasteiger partial charge < -0.3 is 10.5 Å². The van der Waals surface area contributed by atoms with Crippen LogP contribution in [0.2, 0.25) is 5.02 Å². The van der Waals surface area contributed by atoms with E-state index in [4.69, 9.17) is 22.1 Å². The fourth-order valence-corrected chi connectivity index (χ4v) is 2.12. The SMILES string of the molecule is CCC(N)C(Oc1cc(C)ccc1Cl)C(C)(C)C. The van der Waals surface area contributed by atoms with Crippen molar-refractivity contribution in [2.45, 2.75) is 53.2 Å². The summed E-state index contributed by atoms with van der Waals surface area (Å²) in [5.41, 5.74) is 7.28. The van der Waals surface area contributed by atoms with Crippen LogP contribution in [0.4, 0.5) is 0 Å². The Hall–Kier alpha value is -0.730. The van der Waals surface area contributed by atoms with Gasteiger partial charge in [-0.3, -0.25) is 0 Å². The Balaban J connectivity index is 3.00. The van der Waals surface area contributed by atoms with Gasteiger partial charge in [0.2, 0.25) is 0 Å². The first kappa shape index (κ1) is 15.3. The molecule has 2 N–H and O–H groups in total. The second-order valence-corrected chi connectivity index (χ2v) is 6.32. The summed E-state index contributed by atoms with van der Waals surface area (Å²) in [4.78, 5) is 0. The van der Waals surface area contributed by atoms with Gasteiger partial charge in [0.25, 0.3) is 0 Å². The summed E-state index contributed by atoms with van der Waals surface area (Å²) in [5, 5.41) is 0.637. The van der Waals surface area contributed by atoms with Gasteiger partial charge in [-0.05, 0) is 31.0 Å². The van der Waals surface area contributed by atoms with Crippen LogP contribution in [0, 0.1) is 12.3 Å². The molecule has 0 fully saturated rings. The Morgan fingerprint density at radius 1 is 1.33 bits per heavy atom. The minimum atomic E-state index is -0.0539. The van der Waals surface area contributed by atoms with Crippen molar-refractivity contribution in [2.24, 2.45) is 11.1 Å². The summed E-state index contributed by atoms with van der Waals surface area (Å²) in [5.74, 6) is 0.723. The molecule has 102 valence electrons. The number of hydrogen-bond donors (Lipinski definition) is 1. The van der Waals surface area contributed by atoms with E-state index in [1.807, 2.05) is 25.1 Å². The predicted molar refractivity (Wildman–Crippen MR) is 78.3 cm³/mol. The van der Waals surface area contributed by atoms with Crippen molar-refractivity contribution in [1.29, 1.82) is 0 Å². The molecule has 0 saturated carbocycles. The molecule has 0 spiro atoms. The maximum absolute atomic E-state index is 6.17. The van der Waals surface area contributed by atoms with Crippen molar-refractivity contribution in [2.75, 3.05) is 0 Å². The molecule has 2 atom stereocenters. The zero-order valence-electron chi connectivity index (χ0n) is 12.0. The second-order valence-electron chi connectivity index (χ2n) is 5.91. The summed E-state index contributed by atoms with van der Waals surface area (Å²) in [6, 6.07) is 5.80. The molecule has 0 bridgehead atoms. The van der Waals surface area contributed by atoms with E-state index < -0.39 is 0 Å². The van der Waals surface area contributed by atoms with E-state index in [0.717, 1.165) is 17.7 Å².